The average molecular weight is 148 g/mol. The van der Waals surface area contributed by atoms with Crippen molar-refractivity contribution in [1.29, 1.82) is 0 Å². The second kappa shape index (κ2) is 1.65. The van der Waals surface area contributed by atoms with E-state index in [-0.39, 0.29) is 0 Å². The zero-order valence-corrected chi connectivity index (χ0v) is 4.73. The van der Waals surface area contributed by atoms with Crippen molar-refractivity contribution in [2.24, 2.45) is 0 Å². The SMILES string of the molecule is Br[C]1CC=CO1. The molecule has 0 unspecified atom stereocenters. The Hall–Kier alpha value is 0.0200. The first-order valence-electron chi connectivity index (χ1n) is 1.72. The third-order valence-electron chi connectivity index (χ3n) is 0.570. The number of halogens is 1. The highest BCUT2D eigenvalue weighted by Crippen LogP contribution is 2.22. The summed E-state index contributed by atoms with van der Waals surface area (Å²) < 4.78 is 4.81. The fourth-order valence-electron chi connectivity index (χ4n) is 0.311. The molecule has 2 heteroatoms. The van der Waals surface area contributed by atoms with E-state index in [1.807, 2.05) is 6.08 Å². The number of hydrogen-bond donors (Lipinski definition) is 0. The molecule has 1 heterocycles. The molecule has 6 heavy (non-hydrogen) atoms. The number of ether oxygens (including phenoxy) is 1. The summed E-state index contributed by atoms with van der Waals surface area (Å²) in [6.45, 7) is 0. The summed E-state index contributed by atoms with van der Waals surface area (Å²) in [5.41, 5.74) is 0. The molecule has 1 aliphatic rings. The van der Waals surface area contributed by atoms with Crippen LogP contribution >= 0.6 is 15.9 Å². The summed E-state index contributed by atoms with van der Waals surface area (Å²) in [6.07, 6.45) is 4.54. The zero-order valence-electron chi connectivity index (χ0n) is 3.15. The van der Waals surface area contributed by atoms with Gasteiger partial charge in [0.1, 0.15) is 0 Å². The van der Waals surface area contributed by atoms with Gasteiger partial charge in [-0.25, -0.2) is 0 Å². The molecule has 1 radical (unpaired) electrons. The monoisotopic (exact) mass is 147 g/mol. The Labute approximate surface area is 45.1 Å². The van der Waals surface area contributed by atoms with E-state index in [0.717, 1.165) is 11.4 Å². The molecule has 0 N–H and O–H groups in total. The molecule has 0 aromatic carbocycles. The van der Waals surface area contributed by atoms with Gasteiger partial charge in [-0.3, -0.25) is 0 Å². The Bertz CT molecular complexity index is 61.9. The molecule has 0 saturated carbocycles. The molecule has 1 nitrogen and oxygen atoms in total. The van der Waals surface area contributed by atoms with Crippen LogP contribution in [0.25, 0.3) is 0 Å². The van der Waals surface area contributed by atoms with Crippen LogP contribution in [0.1, 0.15) is 6.42 Å². The van der Waals surface area contributed by atoms with Gasteiger partial charge in [-0.2, -0.15) is 0 Å². The van der Waals surface area contributed by atoms with Crippen LogP contribution in [0.15, 0.2) is 12.3 Å². The van der Waals surface area contributed by atoms with Crippen molar-refractivity contribution >= 4 is 15.9 Å². The van der Waals surface area contributed by atoms with E-state index >= 15 is 0 Å². The van der Waals surface area contributed by atoms with Crippen molar-refractivity contribution in [3.05, 3.63) is 17.4 Å². The Kier molecular flexibility index (Phi) is 1.15. The maximum absolute atomic E-state index is 4.81. The Balaban J connectivity index is 2.32. The second-order valence-corrected chi connectivity index (χ2v) is 1.93. The molecular weight excluding hydrogens is 144 g/mol. The minimum absolute atomic E-state index is 0.905. The van der Waals surface area contributed by atoms with E-state index in [2.05, 4.69) is 15.9 Å². The van der Waals surface area contributed by atoms with Gasteiger partial charge in [-0.15, -0.1) is 0 Å². The number of rotatable bonds is 0. The van der Waals surface area contributed by atoms with Crippen molar-refractivity contribution in [2.45, 2.75) is 6.42 Å². The van der Waals surface area contributed by atoms with Gasteiger partial charge < -0.3 is 4.74 Å². The summed E-state index contributed by atoms with van der Waals surface area (Å²) in [4.78, 5) is 0. The molecular formula is C4H4BrO. The summed E-state index contributed by atoms with van der Waals surface area (Å²) in [5, 5.41) is 0.905. The molecule has 0 aromatic heterocycles. The van der Waals surface area contributed by atoms with Crippen molar-refractivity contribution in [3.8, 4) is 0 Å². The standard InChI is InChI=1S/C4H4BrO/c5-4-2-1-3-6-4/h1,3H,2H2. The second-order valence-electron chi connectivity index (χ2n) is 1.05. The Morgan fingerprint density at radius 1 is 1.83 bits per heavy atom. The van der Waals surface area contributed by atoms with E-state index in [1.54, 1.807) is 6.26 Å². The molecule has 33 valence electrons. The highest BCUT2D eigenvalue weighted by atomic mass is 79.9. The maximum Gasteiger partial charge on any atom is 0.215 e. The fourth-order valence-corrected chi connectivity index (χ4v) is 0.606. The lowest BCUT2D eigenvalue weighted by atomic mass is 10.5. The predicted octanol–water partition coefficient (Wildman–Crippen LogP) is 1.80. The average Bonchev–Trinajstić information content (AvgIpc) is 1.86. The molecule has 0 fully saturated rings. The largest absolute Gasteiger partial charge is 0.478 e. The summed E-state index contributed by atoms with van der Waals surface area (Å²) in [6, 6.07) is 0. The maximum atomic E-state index is 4.81. The number of hydrogen-bond acceptors (Lipinski definition) is 1. The van der Waals surface area contributed by atoms with Crippen LogP contribution in [0, 0.1) is 5.01 Å². The topological polar surface area (TPSA) is 9.23 Å². The van der Waals surface area contributed by atoms with E-state index in [4.69, 9.17) is 4.74 Å². The molecule has 0 bridgehead atoms. The van der Waals surface area contributed by atoms with Gasteiger partial charge in [-0.1, -0.05) is 0 Å². The molecule has 1 rings (SSSR count). The lowest BCUT2D eigenvalue weighted by Gasteiger charge is -1.92. The van der Waals surface area contributed by atoms with Crippen LogP contribution in [0.4, 0.5) is 0 Å². The molecule has 0 aliphatic carbocycles. The van der Waals surface area contributed by atoms with Gasteiger partial charge >= 0.3 is 0 Å². The third-order valence-corrected chi connectivity index (χ3v) is 1.08. The van der Waals surface area contributed by atoms with E-state index in [1.165, 1.54) is 0 Å². The lowest BCUT2D eigenvalue weighted by molar-refractivity contribution is 0.340. The van der Waals surface area contributed by atoms with Crippen molar-refractivity contribution in [2.75, 3.05) is 0 Å². The van der Waals surface area contributed by atoms with Gasteiger partial charge in [0.2, 0.25) is 5.01 Å². The zero-order chi connectivity index (χ0) is 4.41. The smallest absolute Gasteiger partial charge is 0.215 e. The molecule has 0 saturated heterocycles. The van der Waals surface area contributed by atoms with Crippen LogP contribution in [0.2, 0.25) is 0 Å². The minimum atomic E-state index is 0.905. The Morgan fingerprint density at radius 2 is 2.67 bits per heavy atom. The van der Waals surface area contributed by atoms with Gasteiger partial charge in [0.05, 0.1) is 6.26 Å². The fraction of sp³-hybridized carbons (Fsp3) is 0.250. The summed E-state index contributed by atoms with van der Waals surface area (Å²) >= 11 is 3.17. The summed E-state index contributed by atoms with van der Waals surface area (Å²) in [7, 11) is 0. The quantitative estimate of drug-likeness (QED) is 0.508. The van der Waals surface area contributed by atoms with Crippen LogP contribution in [0.5, 0.6) is 0 Å². The first-order valence-corrected chi connectivity index (χ1v) is 2.52. The molecule has 0 amide bonds. The van der Waals surface area contributed by atoms with Crippen LogP contribution in [-0.2, 0) is 4.74 Å². The van der Waals surface area contributed by atoms with E-state index in [9.17, 15) is 0 Å². The first-order chi connectivity index (χ1) is 2.89. The molecule has 0 aromatic rings. The predicted molar refractivity (Wildman–Crippen MR) is 27.0 cm³/mol. The van der Waals surface area contributed by atoms with Crippen LogP contribution in [0.3, 0.4) is 0 Å². The minimum Gasteiger partial charge on any atom is -0.478 e. The molecule has 0 spiro atoms. The van der Waals surface area contributed by atoms with E-state index in [0.29, 0.717) is 0 Å². The van der Waals surface area contributed by atoms with Crippen LogP contribution in [-0.4, -0.2) is 0 Å². The van der Waals surface area contributed by atoms with Crippen molar-refractivity contribution in [1.82, 2.24) is 0 Å². The van der Waals surface area contributed by atoms with Gasteiger partial charge in [-0.05, 0) is 22.0 Å². The molecule has 1 aliphatic heterocycles. The normalized spacial score (nSPS) is 21.5. The Morgan fingerprint density at radius 3 is 2.83 bits per heavy atom. The third kappa shape index (κ3) is 0.744. The summed E-state index contributed by atoms with van der Waals surface area (Å²) in [5.74, 6) is 0. The van der Waals surface area contributed by atoms with Crippen LogP contribution < -0.4 is 0 Å². The van der Waals surface area contributed by atoms with Gasteiger partial charge in [0.15, 0.2) is 0 Å². The van der Waals surface area contributed by atoms with Crippen molar-refractivity contribution < 1.29 is 4.74 Å². The van der Waals surface area contributed by atoms with Gasteiger partial charge in [0.25, 0.3) is 0 Å². The highest BCUT2D eigenvalue weighted by Gasteiger charge is 2.05. The highest BCUT2D eigenvalue weighted by molar-refractivity contribution is 9.11. The van der Waals surface area contributed by atoms with Gasteiger partial charge in [0, 0.05) is 6.42 Å². The molecule has 0 atom stereocenters. The van der Waals surface area contributed by atoms with E-state index < -0.39 is 0 Å². The lowest BCUT2D eigenvalue weighted by Crippen LogP contribution is -1.74. The van der Waals surface area contributed by atoms with Crippen molar-refractivity contribution in [3.63, 3.8) is 0 Å². The first kappa shape index (κ1) is 4.19.